The highest BCUT2D eigenvalue weighted by Gasteiger charge is 2.40. The number of halogens is 3. The third-order valence-corrected chi connectivity index (χ3v) is 5.80. The molecule has 0 amide bonds. The molecule has 1 unspecified atom stereocenters. The lowest BCUT2D eigenvalue weighted by Gasteiger charge is -2.23. The molecule has 3 aromatic heterocycles. The first-order valence-electron chi connectivity index (χ1n) is 7.76. The molecule has 9 nitrogen and oxygen atoms in total. The zero-order valence-corrected chi connectivity index (χ0v) is 14.0. The third-order valence-electron chi connectivity index (χ3n) is 4.23. The quantitative estimate of drug-likeness (QED) is 0.696. The topological polar surface area (TPSA) is 108 Å². The smallest absolute Gasteiger partial charge is 0.345 e. The van der Waals surface area contributed by atoms with Crippen molar-refractivity contribution in [2.75, 3.05) is 13.1 Å². The molecule has 26 heavy (non-hydrogen) atoms. The number of nitrogens with zero attached hydrogens (tertiary/aromatic N) is 5. The maximum atomic E-state index is 12.4. The molecular formula is C13H14F3N7O2S. The van der Waals surface area contributed by atoms with Crippen molar-refractivity contribution in [3.63, 3.8) is 0 Å². The highest BCUT2D eigenvalue weighted by molar-refractivity contribution is 7.87. The first kappa shape index (κ1) is 17.2. The average molecular weight is 389 g/mol. The van der Waals surface area contributed by atoms with Gasteiger partial charge in [-0.25, -0.2) is 4.98 Å². The fourth-order valence-corrected chi connectivity index (χ4v) is 4.57. The van der Waals surface area contributed by atoms with Crippen LogP contribution >= 0.6 is 0 Å². The second kappa shape index (κ2) is 5.89. The van der Waals surface area contributed by atoms with Gasteiger partial charge in [0.25, 0.3) is 10.2 Å². The summed E-state index contributed by atoms with van der Waals surface area (Å²) in [6.45, 7) is -1.51. The Labute approximate surface area is 145 Å². The minimum absolute atomic E-state index is 0.105. The van der Waals surface area contributed by atoms with E-state index in [1.54, 1.807) is 21.4 Å². The van der Waals surface area contributed by atoms with Gasteiger partial charge in [-0.1, -0.05) is 0 Å². The highest BCUT2D eigenvalue weighted by Crippen LogP contribution is 2.34. The number of nitrogens with one attached hydrogen (secondary N) is 2. The molecular weight excluding hydrogens is 375 g/mol. The molecule has 4 rings (SSSR count). The van der Waals surface area contributed by atoms with Gasteiger partial charge in [-0.3, -0.25) is 4.40 Å². The Morgan fingerprint density at radius 1 is 1.35 bits per heavy atom. The molecule has 3 aromatic rings. The summed E-state index contributed by atoms with van der Waals surface area (Å²) in [5, 5.41) is 8.09. The van der Waals surface area contributed by atoms with E-state index in [0.717, 1.165) is 4.31 Å². The van der Waals surface area contributed by atoms with E-state index in [9.17, 15) is 21.6 Å². The number of hydrogen-bond donors (Lipinski definition) is 2. The molecule has 13 heteroatoms. The molecule has 1 fully saturated rings. The van der Waals surface area contributed by atoms with Gasteiger partial charge >= 0.3 is 6.18 Å². The Morgan fingerprint density at radius 2 is 2.15 bits per heavy atom. The van der Waals surface area contributed by atoms with E-state index in [1.165, 1.54) is 6.20 Å². The van der Waals surface area contributed by atoms with Crippen LogP contribution in [-0.4, -0.2) is 56.6 Å². The molecule has 1 saturated heterocycles. The van der Waals surface area contributed by atoms with E-state index < -0.39 is 29.0 Å². The Hall–Kier alpha value is -2.25. The van der Waals surface area contributed by atoms with Crippen LogP contribution < -0.4 is 4.72 Å². The zero-order chi connectivity index (χ0) is 18.5. The van der Waals surface area contributed by atoms with Crippen LogP contribution in [0.15, 0.2) is 18.5 Å². The number of alkyl halides is 3. The molecule has 2 N–H and O–H groups in total. The summed E-state index contributed by atoms with van der Waals surface area (Å²) in [5.74, 6) is 0.349. The molecule has 0 aliphatic carbocycles. The van der Waals surface area contributed by atoms with Crippen molar-refractivity contribution >= 4 is 27.0 Å². The number of aromatic nitrogens is 5. The summed E-state index contributed by atoms with van der Waals surface area (Å²) in [5.41, 5.74) is 1.66. The lowest BCUT2D eigenvalue weighted by atomic mass is 10.2. The average Bonchev–Trinajstić information content (AvgIpc) is 3.28. The molecule has 1 aliphatic rings. The van der Waals surface area contributed by atoms with E-state index in [1.807, 2.05) is 0 Å². The molecule has 0 aromatic carbocycles. The van der Waals surface area contributed by atoms with Crippen molar-refractivity contribution < 1.29 is 21.6 Å². The number of aromatic amines is 1. The Morgan fingerprint density at radius 3 is 2.92 bits per heavy atom. The van der Waals surface area contributed by atoms with E-state index in [4.69, 9.17) is 0 Å². The van der Waals surface area contributed by atoms with E-state index in [2.05, 4.69) is 20.2 Å². The van der Waals surface area contributed by atoms with E-state index >= 15 is 0 Å². The van der Waals surface area contributed by atoms with Gasteiger partial charge in [0, 0.05) is 12.7 Å². The number of fused-ring (bicyclic) bond motifs is 3. The van der Waals surface area contributed by atoms with Gasteiger partial charge in [0.1, 0.15) is 6.54 Å². The number of rotatable bonds is 4. The predicted octanol–water partition coefficient (Wildman–Crippen LogP) is 1.14. The van der Waals surface area contributed by atoms with Gasteiger partial charge in [0.2, 0.25) is 0 Å². The third kappa shape index (κ3) is 2.91. The second-order valence-corrected chi connectivity index (χ2v) is 7.64. The predicted molar refractivity (Wildman–Crippen MR) is 84.3 cm³/mol. The van der Waals surface area contributed by atoms with Crippen LogP contribution in [0, 0.1) is 0 Å². The summed E-state index contributed by atoms with van der Waals surface area (Å²) in [6, 6.07) is 1.04. The fourth-order valence-electron chi connectivity index (χ4n) is 3.16. The van der Waals surface area contributed by atoms with Crippen molar-refractivity contribution in [3.05, 3.63) is 24.3 Å². The van der Waals surface area contributed by atoms with Crippen molar-refractivity contribution in [1.29, 1.82) is 0 Å². The van der Waals surface area contributed by atoms with Gasteiger partial charge in [-0.15, -0.1) is 10.2 Å². The molecule has 0 bridgehead atoms. The summed E-state index contributed by atoms with van der Waals surface area (Å²) in [7, 11) is -4.32. The molecule has 0 radical (unpaired) electrons. The fraction of sp³-hybridized carbons (Fsp3) is 0.462. The lowest BCUT2D eigenvalue weighted by Crippen LogP contribution is -2.44. The molecule has 1 atom stereocenters. The lowest BCUT2D eigenvalue weighted by molar-refractivity contribution is -0.121. The van der Waals surface area contributed by atoms with Crippen LogP contribution in [0.3, 0.4) is 0 Å². The van der Waals surface area contributed by atoms with E-state index in [0.29, 0.717) is 35.5 Å². The molecule has 1 aliphatic heterocycles. The maximum absolute atomic E-state index is 12.4. The number of hydrogen-bond acceptors (Lipinski definition) is 5. The number of H-pyrrole nitrogens is 1. The van der Waals surface area contributed by atoms with Gasteiger partial charge in [0.05, 0.1) is 17.8 Å². The second-order valence-electron chi connectivity index (χ2n) is 5.93. The Bertz CT molecular complexity index is 1060. The van der Waals surface area contributed by atoms with Gasteiger partial charge in [-0.2, -0.15) is 30.6 Å². The highest BCUT2D eigenvalue weighted by atomic mass is 32.2. The largest absolute Gasteiger partial charge is 0.402 e. The van der Waals surface area contributed by atoms with Crippen LogP contribution in [0.2, 0.25) is 0 Å². The monoisotopic (exact) mass is 389 g/mol. The van der Waals surface area contributed by atoms with Crippen molar-refractivity contribution in [3.8, 4) is 0 Å². The Kier molecular flexibility index (Phi) is 3.89. The molecule has 140 valence electrons. The van der Waals surface area contributed by atoms with Crippen LogP contribution in [0.4, 0.5) is 13.2 Å². The first-order chi connectivity index (χ1) is 12.3. The van der Waals surface area contributed by atoms with Crippen molar-refractivity contribution in [2.24, 2.45) is 0 Å². The van der Waals surface area contributed by atoms with Crippen LogP contribution in [0.25, 0.3) is 16.8 Å². The SMILES string of the molecule is O=S(=O)(NCC(F)(F)F)N1CCCC1c1nnc2cnc3[nH]ccc3n12. The van der Waals surface area contributed by atoms with Gasteiger partial charge in [-0.05, 0) is 18.9 Å². The van der Waals surface area contributed by atoms with Crippen LogP contribution in [-0.2, 0) is 10.2 Å². The van der Waals surface area contributed by atoms with Crippen molar-refractivity contribution in [1.82, 2.24) is 33.6 Å². The van der Waals surface area contributed by atoms with Gasteiger partial charge in [0.15, 0.2) is 17.1 Å². The van der Waals surface area contributed by atoms with Crippen LogP contribution in [0.5, 0.6) is 0 Å². The molecule has 4 heterocycles. The standard InChI is InChI=1S/C13H14F3N7O2S/c14-13(15,16)7-19-26(24,25)22-5-1-2-9(22)12-21-20-10-6-18-11-8(23(10)12)3-4-17-11/h3-4,6,9,17,19H,1-2,5,7H2. The summed E-state index contributed by atoms with van der Waals surface area (Å²) in [4.78, 5) is 7.13. The summed E-state index contributed by atoms with van der Waals surface area (Å²) in [6.07, 6.45) is -0.525. The van der Waals surface area contributed by atoms with Crippen molar-refractivity contribution in [2.45, 2.75) is 25.1 Å². The first-order valence-corrected chi connectivity index (χ1v) is 9.20. The normalized spacial score (nSPS) is 19.7. The zero-order valence-electron chi connectivity index (χ0n) is 13.2. The molecule has 0 saturated carbocycles. The Balaban J connectivity index is 1.73. The molecule has 0 spiro atoms. The summed E-state index contributed by atoms with van der Waals surface area (Å²) >= 11 is 0. The summed E-state index contributed by atoms with van der Waals surface area (Å²) < 4.78 is 66.3. The minimum atomic E-state index is -4.63. The maximum Gasteiger partial charge on any atom is 0.402 e. The van der Waals surface area contributed by atoms with E-state index in [-0.39, 0.29) is 6.54 Å². The van der Waals surface area contributed by atoms with Gasteiger partial charge < -0.3 is 4.98 Å². The minimum Gasteiger partial charge on any atom is -0.345 e. The van der Waals surface area contributed by atoms with Crippen LogP contribution in [0.1, 0.15) is 24.7 Å².